The number of nitrogens with zero attached hydrogens (tertiary/aromatic N) is 3. The van der Waals surface area contributed by atoms with Gasteiger partial charge in [-0.3, -0.25) is 4.79 Å². The van der Waals surface area contributed by atoms with Crippen molar-refractivity contribution in [2.45, 2.75) is 31.5 Å². The van der Waals surface area contributed by atoms with Crippen LogP contribution in [0.5, 0.6) is 5.75 Å². The van der Waals surface area contributed by atoms with E-state index in [9.17, 15) is 22.8 Å². The Kier molecular flexibility index (Phi) is 6.97. The van der Waals surface area contributed by atoms with Gasteiger partial charge in [0, 0.05) is 51.3 Å². The molecule has 0 bridgehead atoms. The lowest BCUT2D eigenvalue weighted by Crippen LogP contribution is -2.54. The Morgan fingerprint density at radius 2 is 1.79 bits per heavy atom. The lowest BCUT2D eigenvalue weighted by molar-refractivity contribution is -0.133. The van der Waals surface area contributed by atoms with Crippen molar-refractivity contribution in [1.82, 2.24) is 14.7 Å². The second-order valence-electron chi connectivity index (χ2n) is 8.72. The van der Waals surface area contributed by atoms with Crippen LogP contribution in [-0.4, -0.2) is 72.0 Å². The van der Waals surface area contributed by atoms with Gasteiger partial charge in [0.1, 0.15) is 11.6 Å². The number of nitrogens with two attached hydrogens (primary N) is 1. The standard InChI is InChI=1S/C24H27F3N4O3/c1-34-19-4-2-15(3-5-19)12-30-14-18-13-29(6-7-31(18)24(30)33)23(32)10-17(28)8-16-9-21(26)22(27)11-20(16)25/h2-5,9,11,17-18H,6-8,10,12-14,28H2,1H3/t17-,18?/m1/s1. The van der Waals surface area contributed by atoms with Crippen molar-refractivity contribution in [2.75, 3.05) is 33.3 Å². The third kappa shape index (κ3) is 5.11. The normalized spacial score (nSPS) is 18.8. The van der Waals surface area contributed by atoms with Gasteiger partial charge in [0.15, 0.2) is 11.6 Å². The Morgan fingerprint density at radius 1 is 1.09 bits per heavy atom. The second kappa shape index (κ2) is 9.92. The fourth-order valence-electron chi connectivity index (χ4n) is 4.52. The molecule has 2 atom stereocenters. The van der Waals surface area contributed by atoms with E-state index in [0.717, 1.165) is 17.4 Å². The Bertz CT molecular complexity index is 1070. The molecule has 2 fully saturated rings. The molecule has 2 heterocycles. The van der Waals surface area contributed by atoms with Crippen LogP contribution in [0.15, 0.2) is 36.4 Å². The molecule has 1 unspecified atom stereocenters. The topological polar surface area (TPSA) is 79.1 Å². The fourth-order valence-corrected chi connectivity index (χ4v) is 4.52. The molecular formula is C24H27F3N4O3. The molecule has 10 heteroatoms. The summed E-state index contributed by atoms with van der Waals surface area (Å²) in [7, 11) is 1.60. The summed E-state index contributed by atoms with van der Waals surface area (Å²) in [6.07, 6.45) is -0.152. The van der Waals surface area contributed by atoms with Crippen LogP contribution in [0.4, 0.5) is 18.0 Å². The number of methoxy groups -OCH3 is 1. The molecule has 2 N–H and O–H groups in total. The Morgan fingerprint density at radius 3 is 2.50 bits per heavy atom. The third-order valence-corrected chi connectivity index (χ3v) is 6.32. The van der Waals surface area contributed by atoms with Gasteiger partial charge in [-0.1, -0.05) is 12.1 Å². The van der Waals surface area contributed by atoms with Crippen LogP contribution in [0, 0.1) is 17.5 Å². The van der Waals surface area contributed by atoms with E-state index in [0.29, 0.717) is 38.8 Å². The number of fused-ring (bicyclic) bond motifs is 1. The summed E-state index contributed by atoms with van der Waals surface area (Å²) in [4.78, 5) is 30.8. The van der Waals surface area contributed by atoms with Crippen LogP contribution in [0.1, 0.15) is 17.5 Å². The van der Waals surface area contributed by atoms with Crippen LogP contribution in [-0.2, 0) is 17.8 Å². The summed E-state index contributed by atoms with van der Waals surface area (Å²) in [6.45, 7) is 2.15. The maximum atomic E-state index is 13.9. The average molecular weight is 476 g/mol. The zero-order valence-corrected chi connectivity index (χ0v) is 18.8. The maximum Gasteiger partial charge on any atom is 0.320 e. The lowest BCUT2D eigenvalue weighted by Gasteiger charge is -2.36. The Labute approximate surface area is 195 Å². The SMILES string of the molecule is COc1ccc(CN2CC3CN(C(=O)C[C@H](N)Cc4cc(F)c(F)cc4F)CCN3C2=O)cc1. The highest BCUT2D eigenvalue weighted by Gasteiger charge is 2.41. The summed E-state index contributed by atoms with van der Waals surface area (Å²) >= 11 is 0. The number of benzene rings is 2. The van der Waals surface area contributed by atoms with E-state index >= 15 is 0 Å². The number of hydrogen-bond acceptors (Lipinski definition) is 4. The van der Waals surface area contributed by atoms with Crippen molar-refractivity contribution >= 4 is 11.9 Å². The molecule has 2 aromatic rings. The predicted molar refractivity (Wildman–Crippen MR) is 118 cm³/mol. The highest BCUT2D eigenvalue weighted by Crippen LogP contribution is 2.24. The highest BCUT2D eigenvalue weighted by molar-refractivity contribution is 5.80. The van der Waals surface area contributed by atoms with Crippen molar-refractivity contribution in [1.29, 1.82) is 0 Å². The summed E-state index contributed by atoms with van der Waals surface area (Å²) < 4.78 is 45.6. The van der Waals surface area contributed by atoms with E-state index in [1.54, 1.807) is 21.8 Å². The maximum absolute atomic E-state index is 13.9. The zero-order chi connectivity index (χ0) is 24.4. The fraction of sp³-hybridized carbons (Fsp3) is 0.417. The second-order valence-corrected chi connectivity index (χ2v) is 8.72. The zero-order valence-electron chi connectivity index (χ0n) is 18.8. The van der Waals surface area contributed by atoms with Crippen LogP contribution in [0.25, 0.3) is 0 Å². The first kappa shape index (κ1) is 23.9. The molecule has 2 aliphatic rings. The number of halogens is 3. The lowest BCUT2D eigenvalue weighted by atomic mass is 10.0. The number of ether oxygens (including phenoxy) is 1. The Hall–Kier alpha value is -3.27. The first-order valence-corrected chi connectivity index (χ1v) is 11.1. The monoisotopic (exact) mass is 476 g/mol. The largest absolute Gasteiger partial charge is 0.497 e. The van der Waals surface area contributed by atoms with E-state index in [1.165, 1.54) is 0 Å². The Balaban J connectivity index is 1.32. The van der Waals surface area contributed by atoms with Gasteiger partial charge in [-0.25, -0.2) is 18.0 Å². The van der Waals surface area contributed by atoms with Crippen LogP contribution < -0.4 is 10.5 Å². The van der Waals surface area contributed by atoms with E-state index in [4.69, 9.17) is 10.5 Å². The molecule has 0 radical (unpaired) electrons. The van der Waals surface area contributed by atoms with Crippen LogP contribution in [0.3, 0.4) is 0 Å². The number of hydrogen-bond donors (Lipinski definition) is 1. The molecule has 0 aromatic heterocycles. The summed E-state index contributed by atoms with van der Waals surface area (Å²) in [5.74, 6) is -2.78. The molecule has 0 saturated carbocycles. The molecule has 0 aliphatic carbocycles. The molecule has 0 spiro atoms. The first-order chi connectivity index (χ1) is 16.2. The van der Waals surface area contributed by atoms with E-state index in [-0.39, 0.29) is 36.4 Å². The van der Waals surface area contributed by atoms with Gasteiger partial charge < -0.3 is 25.2 Å². The smallest absolute Gasteiger partial charge is 0.320 e. The minimum Gasteiger partial charge on any atom is -0.497 e. The minimum atomic E-state index is -1.27. The van der Waals surface area contributed by atoms with Gasteiger partial charge in [0.25, 0.3) is 0 Å². The van der Waals surface area contributed by atoms with Crippen molar-refractivity contribution < 1.29 is 27.5 Å². The molecule has 2 aromatic carbocycles. The molecule has 34 heavy (non-hydrogen) atoms. The summed E-state index contributed by atoms with van der Waals surface area (Å²) in [5.41, 5.74) is 6.93. The van der Waals surface area contributed by atoms with Gasteiger partial charge in [0.05, 0.1) is 13.2 Å². The van der Waals surface area contributed by atoms with E-state index in [1.807, 2.05) is 24.3 Å². The van der Waals surface area contributed by atoms with E-state index < -0.39 is 23.5 Å². The van der Waals surface area contributed by atoms with E-state index in [2.05, 4.69) is 0 Å². The molecule has 182 valence electrons. The summed E-state index contributed by atoms with van der Waals surface area (Å²) in [6, 6.07) is 7.84. The number of amides is 3. The number of carbonyl (C=O) groups excluding carboxylic acids is 2. The van der Waals surface area contributed by atoms with Gasteiger partial charge in [0.2, 0.25) is 5.91 Å². The molecule has 7 nitrogen and oxygen atoms in total. The highest BCUT2D eigenvalue weighted by atomic mass is 19.2. The summed E-state index contributed by atoms with van der Waals surface area (Å²) in [5, 5.41) is 0. The number of carbonyl (C=O) groups is 2. The number of urea groups is 1. The van der Waals surface area contributed by atoms with Crippen molar-refractivity contribution in [3.63, 3.8) is 0 Å². The van der Waals surface area contributed by atoms with Gasteiger partial charge in [-0.15, -0.1) is 0 Å². The minimum absolute atomic E-state index is 0.0570. The average Bonchev–Trinajstić information content (AvgIpc) is 3.12. The van der Waals surface area contributed by atoms with Crippen molar-refractivity contribution in [3.05, 3.63) is 65.0 Å². The molecular weight excluding hydrogens is 449 g/mol. The number of rotatable bonds is 7. The molecule has 2 saturated heterocycles. The first-order valence-electron chi connectivity index (χ1n) is 11.1. The van der Waals surface area contributed by atoms with Gasteiger partial charge >= 0.3 is 6.03 Å². The van der Waals surface area contributed by atoms with Crippen LogP contribution >= 0.6 is 0 Å². The molecule has 3 amide bonds. The predicted octanol–water partition coefficient (Wildman–Crippen LogP) is 2.52. The molecule has 4 rings (SSSR count). The van der Waals surface area contributed by atoms with Crippen molar-refractivity contribution in [3.8, 4) is 5.75 Å². The number of piperazine rings is 1. The third-order valence-electron chi connectivity index (χ3n) is 6.32. The molecule has 2 aliphatic heterocycles. The van der Waals surface area contributed by atoms with Crippen LogP contribution in [0.2, 0.25) is 0 Å². The van der Waals surface area contributed by atoms with Crippen molar-refractivity contribution in [2.24, 2.45) is 5.73 Å². The van der Waals surface area contributed by atoms with Gasteiger partial charge in [-0.2, -0.15) is 0 Å². The quantitative estimate of drug-likeness (QED) is 0.623. The van der Waals surface area contributed by atoms with Gasteiger partial charge in [-0.05, 0) is 35.7 Å².